The monoisotopic (exact) mass is 546 g/mol. The largest absolute Gasteiger partial charge is 0.480 e. The van der Waals surface area contributed by atoms with Crippen LogP contribution in [0.15, 0.2) is 60.7 Å². The molecule has 0 bridgehead atoms. The van der Waals surface area contributed by atoms with E-state index in [1.54, 1.807) is 38.1 Å². The third kappa shape index (κ3) is 9.75. The third-order valence-corrected chi connectivity index (χ3v) is 6.23. The number of amides is 3. The van der Waals surface area contributed by atoms with Crippen LogP contribution in [0.3, 0.4) is 0 Å². The second kappa shape index (κ2) is 14.1. The molecule has 0 fully saturated rings. The van der Waals surface area contributed by atoms with E-state index in [0.29, 0.717) is 0 Å². The highest BCUT2D eigenvalue weighted by molar-refractivity contribution is 7.81. The van der Waals surface area contributed by atoms with E-state index >= 15 is 0 Å². The van der Waals surface area contributed by atoms with Gasteiger partial charge < -0.3 is 26.8 Å². The molecular weight excluding hydrogens is 512 g/mol. The topological polar surface area (TPSA) is 151 Å². The molecule has 0 aromatic heterocycles. The van der Waals surface area contributed by atoms with Gasteiger partial charge >= 0.3 is 5.97 Å². The van der Waals surface area contributed by atoms with Crippen molar-refractivity contribution in [3.05, 3.63) is 71.8 Å². The number of carbonyl (C=O) groups is 4. The molecule has 0 saturated heterocycles. The lowest BCUT2D eigenvalue weighted by Gasteiger charge is -2.29. The molecule has 2 aromatic rings. The number of nitrogens with two attached hydrogens (primary N) is 1. The zero-order valence-electron chi connectivity index (χ0n) is 20.8. The van der Waals surface area contributed by atoms with Crippen molar-refractivity contribution in [3.8, 4) is 0 Å². The van der Waals surface area contributed by atoms with Crippen molar-refractivity contribution in [2.24, 2.45) is 5.73 Å². The molecule has 3 amide bonds. The Balaban J connectivity index is 2.14. The summed E-state index contributed by atoms with van der Waals surface area (Å²) in [6.45, 7) is 3.12. The van der Waals surface area contributed by atoms with Crippen LogP contribution in [0.2, 0.25) is 0 Å². The van der Waals surface area contributed by atoms with E-state index in [1.165, 1.54) is 0 Å². The minimum Gasteiger partial charge on any atom is -0.480 e. The quantitative estimate of drug-likeness (QED) is 0.186. The highest BCUT2D eigenvalue weighted by Crippen LogP contribution is 2.18. The predicted molar refractivity (Wildman–Crippen MR) is 149 cm³/mol. The molecule has 0 aliphatic heterocycles. The van der Waals surface area contributed by atoms with Crippen molar-refractivity contribution in [2.75, 3.05) is 5.75 Å². The van der Waals surface area contributed by atoms with E-state index in [4.69, 9.17) is 5.73 Å². The van der Waals surface area contributed by atoms with Crippen molar-refractivity contribution >= 4 is 48.9 Å². The molecule has 37 heavy (non-hydrogen) atoms. The van der Waals surface area contributed by atoms with Crippen LogP contribution in [-0.2, 0) is 32.0 Å². The summed E-state index contributed by atoms with van der Waals surface area (Å²) >= 11 is 8.48. The zero-order chi connectivity index (χ0) is 27.6. The first-order valence-electron chi connectivity index (χ1n) is 11.7. The number of carboxylic acid groups (broad SMARTS) is 1. The Hall–Kier alpha value is -3.02. The van der Waals surface area contributed by atoms with Crippen LogP contribution >= 0.6 is 25.3 Å². The molecule has 6 N–H and O–H groups in total. The number of thiol groups is 2. The van der Waals surface area contributed by atoms with Gasteiger partial charge in [0.25, 0.3) is 0 Å². The van der Waals surface area contributed by atoms with E-state index in [2.05, 4.69) is 41.2 Å². The highest BCUT2D eigenvalue weighted by Gasteiger charge is 2.36. The maximum atomic E-state index is 13.1. The molecule has 4 atom stereocenters. The van der Waals surface area contributed by atoms with Crippen molar-refractivity contribution in [1.82, 2.24) is 16.0 Å². The lowest BCUT2D eigenvalue weighted by molar-refractivity contribution is -0.143. The van der Waals surface area contributed by atoms with Gasteiger partial charge in [0.15, 0.2) is 0 Å². The predicted octanol–water partition coefficient (Wildman–Crippen LogP) is 0.976. The number of aliphatic carboxylic acids is 1. The molecule has 11 heteroatoms. The Labute approximate surface area is 227 Å². The summed E-state index contributed by atoms with van der Waals surface area (Å²) < 4.78 is -1.07. The van der Waals surface area contributed by atoms with E-state index in [9.17, 15) is 24.3 Å². The Morgan fingerprint density at radius 2 is 1.27 bits per heavy atom. The van der Waals surface area contributed by atoms with Crippen LogP contribution in [0.1, 0.15) is 25.0 Å². The van der Waals surface area contributed by atoms with E-state index in [0.717, 1.165) is 11.1 Å². The minimum absolute atomic E-state index is 0.0449. The number of benzene rings is 2. The first-order valence-corrected chi connectivity index (χ1v) is 12.8. The van der Waals surface area contributed by atoms with Gasteiger partial charge in [0.1, 0.15) is 18.1 Å². The van der Waals surface area contributed by atoms with Gasteiger partial charge in [0.05, 0.1) is 6.04 Å². The highest BCUT2D eigenvalue weighted by atomic mass is 32.1. The fourth-order valence-electron chi connectivity index (χ4n) is 3.55. The number of carboxylic acids is 1. The van der Waals surface area contributed by atoms with Gasteiger partial charge in [-0.15, -0.1) is 0 Å². The normalized spacial score (nSPS) is 14.5. The van der Waals surface area contributed by atoms with Gasteiger partial charge in [-0.3, -0.25) is 14.4 Å². The van der Waals surface area contributed by atoms with Crippen molar-refractivity contribution in [1.29, 1.82) is 0 Å². The second-order valence-corrected chi connectivity index (χ2v) is 10.7. The molecule has 200 valence electrons. The first kappa shape index (κ1) is 30.2. The fraction of sp³-hybridized carbons (Fsp3) is 0.385. The Kier molecular flexibility index (Phi) is 11.5. The fourth-order valence-corrected chi connectivity index (χ4v) is 3.98. The van der Waals surface area contributed by atoms with Crippen LogP contribution in [0, 0.1) is 0 Å². The van der Waals surface area contributed by atoms with Crippen LogP contribution in [-0.4, -0.2) is 63.5 Å². The molecule has 9 nitrogen and oxygen atoms in total. The van der Waals surface area contributed by atoms with Gasteiger partial charge in [-0.2, -0.15) is 25.3 Å². The third-order valence-electron chi connectivity index (χ3n) is 5.61. The van der Waals surface area contributed by atoms with Gasteiger partial charge in [-0.05, 0) is 31.4 Å². The smallest absolute Gasteiger partial charge is 0.327 e. The van der Waals surface area contributed by atoms with Crippen LogP contribution in [0.4, 0.5) is 0 Å². The minimum atomic E-state index is -1.31. The van der Waals surface area contributed by atoms with Gasteiger partial charge in [-0.1, -0.05) is 60.7 Å². The SMILES string of the molecule is CC(C)(S)[C@@H](NC(=O)[C@H](Cc1ccccc1)NC(=O)[C@@H](CS)NC(=O)[C@@H](N)Cc1ccccc1)C(=O)O. The molecule has 0 aliphatic rings. The summed E-state index contributed by atoms with van der Waals surface area (Å²) in [5.74, 6) is -3.19. The van der Waals surface area contributed by atoms with Crippen LogP contribution in [0.5, 0.6) is 0 Å². The molecule has 0 saturated carbocycles. The Bertz CT molecular complexity index is 1060. The summed E-state index contributed by atoms with van der Waals surface area (Å²) in [6, 6.07) is 13.8. The average Bonchev–Trinajstić information content (AvgIpc) is 2.85. The molecule has 2 rings (SSSR count). The summed E-state index contributed by atoms with van der Waals surface area (Å²) in [5.41, 5.74) is 7.65. The molecule has 2 aromatic carbocycles. The number of nitrogens with one attached hydrogen (secondary N) is 3. The van der Waals surface area contributed by atoms with Crippen molar-refractivity contribution in [3.63, 3.8) is 0 Å². The molecule has 0 aliphatic carbocycles. The van der Waals surface area contributed by atoms with Gasteiger partial charge in [0.2, 0.25) is 17.7 Å². The lowest BCUT2D eigenvalue weighted by atomic mass is 10.0. The van der Waals surface area contributed by atoms with Gasteiger partial charge in [-0.25, -0.2) is 4.79 Å². The van der Waals surface area contributed by atoms with Crippen LogP contribution in [0.25, 0.3) is 0 Å². The first-order chi connectivity index (χ1) is 17.4. The molecule has 0 heterocycles. The second-order valence-electron chi connectivity index (χ2n) is 9.22. The van der Waals surface area contributed by atoms with Crippen molar-refractivity contribution in [2.45, 2.75) is 55.6 Å². The molecule has 0 spiro atoms. The zero-order valence-corrected chi connectivity index (χ0v) is 22.5. The van der Waals surface area contributed by atoms with Crippen LogP contribution < -0.4 is 21.7 Å². The molecular formula is C26H34N4O5S2. The molecule has 0 unspecified atom stereocenters. The maximum Gasteiger partial charge on any atom is 0.327 e. The van der Waals surface area contributed by atoms with E-state index < -0.39 is 52.6 Å². The van der Waals surface area contributed by atoms with Gasteiger partial charge in [0, 0.05) is 16.9 Å². The number of hydrogen-bond donors (Lipinski definition) is 7. The van der Waals surface area contributed by atoms with E-state index in [1.807, 2.05) is 36.4 Å². The van der Waals surface area contributed by atoms with E-state index in [-0.39, 0.29) is 18.6 Å². The Morgan fingerprint density at radius 3 is 1.73 bits per heavy atom. The maximum absolute atomic E-state index is 13.1. The summed E-state index contributed by atoms with van der Waals surface area (Å²) in [6.07, 6.45) is 0.376. The summed E-state index contributed by atoms with van der Waals surface area (Å²) in [4.78, 5) is 50.6. The number of rotatable bonds is 13. The van der Waals surface area contributed by atoms with Crippen molar-refractivity contribution < 1.29 is 24.3 Å². The summed E-state index contributed by atoms with van der Waals surface area (Å²) in [7, 11) is 0. The molecule has 0 radical (unpaired) electrons. The number of hydrogen-bond acceptors (Lipinski definition) is 7. The lowest BCUT2D eigenvalue weighted by Crippen LogP contribution is -2.60. The Morgan fingerprint density at radius 1 is 0.811 bits per heavy atom. The standard InChI is InChI=1S/C26H34N4O5S2/c1-26(2,37)21(25(34)35)30-23(32)19(14-17-11-7-4-8-12-17)28-24(33)20(15-36)29-22(31)18(27)13-16-9-5-3-6-10-16/h3-12,18-21,36-37H,13-15,27H2,1-2H3,(H,28,33)(H,29,31)(H,30,32)(H,34,35)/t18-,19-,20+,21-/m0/s1. The number of carbonyl (C=O) groups excluding carboxylic acids is 3. The average molecular weight is 547 g/mol. The summed E-state index contributed by atoms with van der Waals surface area (Å²) in [5, 5.41) is 17.3.